The summed E-state index contributed by atoms with van der Waals surface area (Å²) in [5.41, 5.74) is 2.26. The highest BCUT2D eigenvalue weighted by molar-refractivity contribution is 7.74. The molecule has 1 aliphatic rings. The molecular formula is C33H32N3O7P. The van der Waals surface area contributed by atoms with Gasteiger partial charge in [-0.2, -0.15) is 0 Å². The number of Topliss-reactive ketones (excluding diaryl/α,β-unsaturated/α-hetero) is 1. The molecule has 0 spiro atoms. The molecule has 226 valence electrons. The second-order valence-electron chi connectivity index (χ2n) is 10.7. The molecule has 1 amide bonds. The highest BCUT2D eigenvalue weighted by Crippen LogP contribution is 2.44. The van der Waals surface area contributed by atoms with Gasteiger partial charge in [-0.15, -0.1) is 0 Å². The molecule has 1 aliphatic heterocycles. The number of nitrogens with zero attached hydrogens (tertiary/aromatic N) is 1. The molecule has 0 fully saturated rings. The van der Waals surface area contributed by atoms with Gasteiger partial charge in [-0.25, -0.2) is 0 Å². The topological polar surface area (TPSA) is 144 Å². The number of carboxylic acid groups (broad SMARTS) is 1. The van der Waals surface area contributed by atoms with Crippen molar-refractivity contribution >= 4 is 52.1 Å². The highest BCUT2D eigenvalue weighted by Gasteiger charge is 2.47. The summed E-state index contributed by atoms with van der Waals surface area (Å²) in [6.45, 7) is 2.84. The van der Waals surface area contributed by atoms with Crippen LogP contribution in [0.1, 0.15) is 26.0 Å². The molecule has 0 aliphatic carbocycles. The molecular weight excluding hydrogens is 581 g/mol. The Balaban J connectivity index is 1.40. The van der Waals surface area contributed by atoms with Gasteiger partial charge in [0.15, 0.2) is 11.4 Å². The summed E-state index contributed by atoms with van der Waals surface area (Å²) >= 11 is 0. The molecule has 0 saturated carbocycles. The number of hydrogen-bond acceptors (Lipinski definition) is 8. The van der Waals surface area contributed by atoms with E-state index < -0.39 is 55.6 Å². The fraction of sp³-hybridized carbons (Fsp3) is 0.212. The lowest BCUT2D eigenvalue weighted by Gasteiger charge is -2.30. The van der Waals surface area contributed by atoms with Crippen molar-refractivity contribution in [3.63, 3.8) is 0 Å². The Morgan fingerprint density at radius 1 is 0.955 bits per heavy atom. The van der Waals surface area contributed by atoms with Crippen molar-refractivity contribution in [1.29, 1.82) is 0 Å². The monoisotopic (exact) mass is 613 g/mol. The second-order valence-corrected chi connectivity index (χ2v) is 13.1. The lowest BCUT2D eigenvalue weighted by molar-refractivity contribution is -0.152. The van der Waals surface area contributed by atoms with E-state index in [9.17, 15) is 24.1 Å². The van der Waals surface area contributed by atoms with E-state index in [1.165, 1.54) is 0 Å². The summed E-state index contributed by atoms with van der Waals surface area (Å²) in [5, 5.41) is 14.7. The molecule has 11 heteroatoms. The minimum absolute atomic E-state index is 0.377. The van der Waals surface area contributed by atoms with Crippen LogP contribution in [0.3, 0.4) is 0 Å². The number of rotatable bonds is 12. The first-order valence-corrected chi connectivity index (χ1v) is 15.7. The van der Waals surface area contributed by atoms with E-state index >= 15 is 0 Å². The van der Waals surface area contributed by atoms with Gasteiger partial charge in [0.1, 0.15) is 12.6 Å². The van der Waals surface area contributed by atoms with Gasteiger partial charge in [-0.3, -0.25) is 34.3 Å². The van der Waals surface area contributed by atoms with Gasteiger partial charge in [0.05, 0.1) is 17.8 Å². The average Bonchev–Trinajstić information content (AvgIpc) is 3.50. The molecule has 3 N–H and O–H groups in total. The molecule has 3 aromatic carbocycles. The average molecular weight is 614 g/mol. The van der Waals surface area contributed by atoms with E-state index in [2.05, 4.69) is 15.8 Å². The predicted octanol–water partition coefficient (Wildman–Crippen LogP) is 3.98. The normalized spacial score (nSPS) is 17.1. The number of amides is 1. The Labute approximate surface area is 254 Å². The van der Waals surface area contributed by atoms with Gasteiger partial charge < -0.3 is 14.9 Å². The van der Waals surface area contributed by atoms with Crippen LogP contribution in [0.25, 0.3) is 16.5 Å². The maximum atomic E-state index is 14.2. The van der Waals surface area contributed by atoms with Crippen molar-refractivity contribution in [2.45, 2.75) is 31.9 Å². The number of hydrogen-bond donors (Lipinski definition) is 3. The van der Waals surface area contributed by atoms with Gasteiger partial charge in [-0.1, -0.05) is 74.5 Å². The minimum atomic E-state index is -3.73. The summed E-state index contributed by atoms with van der Waals surface area (Å²) in [6, 6.07) is 25.0. The van der Waals surface area contributed by atoms with Crippen molar-refractivity contribution in [1.82, 2.24) is 15.8 Å². The summed E-state index contributed by atoms with van der Waals surface area (Å²) in [7, 11) is -3.73. The van der Waals surface area contributed by atoms with Crippen molar-refractivity contribution in [3.8, 4) is 0 Å². The maximum absolute atomic E-state index is 14.2. The number of pyridine rings is 1. The zero-order valence-electron chi connectivity index (χ0n) is 24.2. The van der Waals surface area contributed by atoms with Crippen LogP contribution < -0.4 is 21.4 Å². The number of hydroxylamine groups is 1. The molecule has 0 unspecified atom stereocenters. The largest absolute Gasteiger partial charge is 0.481 e. The summed E-state index contributed by atoms with van der Waals surface area (Å²) in [4.78, 5) is 49.4. The quantitative estimate of drug-likeness (QED) is 0.202. The molecule has 2 atom stereocenters. The number of fused-ring (bicyclic) bond motifs is 1. The van der Waals surface area contributed by atoms with Crippen LogP contribution in [-0.4, -0.2) is 46.0 Å². The summed E-state index contributed by atoms with van der Waals surface area (Å²) < 4.78 is 20.0. The van der Waals surface area contributed by atoms with E-state index in [-0.39, 0.29) is 0 Å². The lowest BCUT2D eigenvalue weighted by Crippen LogP contribution is -2.55. The van der Waals surface area contributed by atoms with E-state index in [0.717, 1.165) is 10.8 Å². The lowest BCUT2D eigenvalue weighted by atomic mass is 9.87. The number of carbonyl (C=O) groups excluding carboxylic acids is 2. The second kappa shape index (κ2) is 12.9. The molecule has 5 rings (SSSR count). The molecule has 0 bridgehead atoms. The van der Waals surface area contributed by atoms with E-state index in [0.29, 0.717) is 22.0 Å². The standard InChI is InChI=1S/C33H32N3O7P/c1-22(2)33(20-28(36-43-33)31-26-16-10-9-11-23(26)17-18-34-31)32(40)35-27(19-30(38)39)29(37)21-42-44(41,24-12-5-3-6-13-24)25-14-7-4-8-15-25/h3-18,20,22,27,36H,19,21H2,1-2H3,(H,35,40)(H,38,39)/t27-,33+/m0/s1. The molecule has 1 aromatic heterocycles. The van der Waals surface area contributed by atoms with E-state index in [4.69, 9.17) is 9.36 Å². The Morgan fingerprint density at radius 2 is 1.57 bits per heavy atom. The number of benzene rings is 3. The first-order chi connectivity index (χ1) is 21.1. The smallest absolute Gasteiger partial charge is 0.305 e. The van der Waals surface area contributed by atoms with Crippen molar-refractivity contribution < 1.29 is 33.4 Å². The number of ketones is 1. The third-order valence-electron chi connectivity index (χ3n) is 7.48. The third kappa shape index (κ3) is 6.19. The van der Waals surface area contributed by atoms with Crippen LogP contribution in [0.2, 0.25) is 0 Å². The van der Waals surface area contributed by atoms with Gasteiger partial charge in [0.25, 0.3) is 13.3 Å². The fourth-order valence-corrected chi connectivity index (χ4v) is 7.05. The summed E-state index contributed by atoms with van der Waals surface area (Å²) in [6.07, 6.45) is 2.54. The Kier molecular flexibility index (Phi) is 9.06. The zero-order valence-corrected chi connectivity index (χ0v) is 25.1. The van der Waals surface area contributed by atoms with Crippen LogP contribution in [0.5, 0.6) is 0 Å². The van der Waals surface area contributed by atoms with Crippen LogP contribution >= 0.6 is 7.37 Å². The number of aliphatic carboxylic acids is 1. The molecule has 0 radical (unpaired) electrons. The third-order valence-corrected chi connectivity index (χ3v) is 9.93. The van der Waals surface area contributed by atoms with E-state index in [1.807, 2.05) is 30.3 Å². The molecule has 2 heterocycles. The van der Waals surface area contributed by atoms with Gasteiger partial charge in [-0.05, 0) is 47.7 Å². The SMILES string of the molecule is CC(C)[C@@]1(C(=O)N[C@@H](CC(=O)O)C(=O)COP(=O)(c2ccccc2)c2ccccc2)C=C(c2nccc3ccccc23)NO1. The van der Waals surface area contributed by atoms with Crippen molar-refractivity contribution in [2.24, 2.45) is 5.92 Å². The van der Waals surface area contributed by atoms with Crippen molar-refractivity contribution in [2.75, 3.05) is 6.61 Å². The Bertz CT molecular complexity index is 1710. The number of carbonyl (C=O) groups is 3. The first-order valence-electron chi connectivity index (χ1n) is 14.1. The minimum Gasteiger partial charge on any atom is -0.481 e. The molecule has 4 aromatic rings. The highest BCUT2D eigenvalue weighted by atomic mass is 31.2. The van der Waals surface area contributed by atoms with Crippen LogP contribution in [0.4, 0.5) is 0 Å². The van der Waals surface area contributed by atoms with Crippen molar-refractivity contribution in [3.05, 3.63) is 109 Å². The number of nitrogens with one attached hydrogen (secondary N) is 2. The number of carboxylic acids is 1. The maximum Gasteiger partial charge on any atom is 0.305 e. The van der Waals surface area contributed by atoms with Gasteiger partial charge >= 0.3 is 5.97 Å². The summed E-state index contributed by atoms with van der Waals surface area (Å²) in [5.74, 6) is -3.21. The number of aromatic nitrogens is 1. The molecule has 44 heavy (non-hydrogen) atoms. The van der Waals surface area contributed by atoms with Gasteiger partial charge in [0.2, 0.25) is 0 Å². The van der Waals surface area contributed by atoms with Crippen LogP contribution in [0.15, 0.2) is 103 Å². The Morgan fingerprint density at radius 3 is 2.18 bits per heavy atom. The van der Waals surface area contributed by atoms with E-state index in [1.54, 1.807) is 86.8 Å². The molecule has 10 nitrogen and oxygen atoms in total. The molecule has 0 saturated heterocycles. The fourth-order valence-electron chi connectivity index (χ4n) is 5.02. The predicted molar refractivity (Wildman–Crippen MR) is 166 cm³/mol. The van der Waals surface area contributed by atoms with Gasteiger partial charge in [0, 0.05) is 22.2 Å². The Hall–Kier alpha value is -4.63. The van der Waals surface area contributed by atoms with Crippen LogP contribution in [0, 0.1) is 5.92 Å². The van der Waals surface area contributed by atoms with Crippen LogP contribution in [-0.2, 0) is 28.3 Å². The zero-order chi connectivity index (χ0) is 31.3. The first kappa shape index (κ1) is 30.8.